The van der Waals surface area contributed by atoms with Gasteiger partial charge in [0.25, 0.3) is 0 Å². The lowest BCUT2D eigenvalue weighted by atomic mass is 10.1. The largest absolute Gasteiger partial charge is 0.361 e. The van der Waals surface area contributed by atoms with Crippen molar-refractivity contribution >= 4 is 32.5 Å². The van der Waals surface area contributed by atoms with E-state index in [0.717, 1.165) is 22.5 Å². The number of nitrogens with zero attached hydrogens (tertiary/aromatic N) is 1. The molecule has 0 aliphatic heterocycles. The van der Waals surface area contributed by atoms with Crippen molar-refractivity contribution < 1.29 is 13.2 Å². The number of nitrogens with one attached hydrogen (secondary N) is 1. The average Bonchev–Trinajstić information content (AvgIpc) is 3.12. The summed E-state index contributed by atoms with van der Waals surface area (Å²) in [5.74, 6) is -3.89. The van der Waals surface area contributed by atoms with E-state index < -0.39 is 17.5 Å². The van der Waals surface area contributed by atoms with Gasteiger partial charge in [-0.2, -0.15) is 0 Å². The highest BCUT2D eigenvalue weighted by Crippen LogP contribution is 2.30. The number of hydrogen-bond acceptors (Lipinski definition) is 2. The van der Waals surface area contributed by atoms with Crippen molar-refractivity contribution in [2.45, 2.75) is 6.42 Å². The Labute approximate surface area is 127 Å². The smallest absolute Gasteiger partial charge is 0.196 e. The first-order chi connectivity index (χ1) is 10.6. The van der Waals surface area contributed by atoms with Gasteiger partial charge in [-0.05, 0) is 23.1 Å². The van der Waals surface area contributed by atoms with Gasteiger partial charge in [-0.3, -0.25) is 0 Å². The van der Waals surface area contributed by atoms with E-state index in [2.05, 4.69) is 9.97 Å². The van der Waals surface area contributed by atoms with E-state index in [1.165, 1.54) is 11.3 Å². The molecule has 2 nitrogen and oxygen atoms in total. The first-order valence-corrected chi connectivity index (χ1v) is 7.43. The molecular weight excluding hydrogens is 309 g/mol. The maximum atomic E-state index is 13.7. The van der Waals surface area contributed by atoms with Gasteiger partial charge in [-0.1, -0.05) is 18.2 Å². The number of aromatic amines is 1. The quantitative estimate of drug-likeness (QED) is 0.529. The molecule has 0 aliphatic carbocycles. The number of halogens is 3. The summed E-state index contributed by atoms with van der Waals surface area (Å²) < 4.78 is 40.6. The van der Waals surface area contributed by atoms with Gasteiger partial charge in [0.2, 0.25) is 0 Å². The molecule has 0 fully saturated rings. The highest BCUT2D eigenvalue weighted by Gasteiger charge is 2.17. The maximum absolute atomic E-state index is 13.7. The summed E-state index contributed by atoms with van der Waals surface area (Å²) >= 11 is 1.17. The minimum Gasteiger partial charge on any atom is -0.361 e. The van der Waals surface area contributed by atoms with Crippen LogP contribution in [0.2, 0.25) is 0 Å². The number of H-pyrrole nitrogens is 1. The minimum atomic E-state index is -1.48. The molecule has 1 N–H and O–H groups in total. The molecule has 0 amide bonds. The second-order valence-corrected chi connectivity index (χ2v) is 6.09. The Kier molecular flexibility index (Phi) is 2.94. The molecule has 0 atom stereocenters. The Hall–Kier alpha value is -2.34. The summed E-state index contributed by atoms with van der Waals surface area (Å²) in [6, 6.07) is 8.81. The zero-order chi connectivity index (χ0) is 15.3. The second kappa shape index (κ2) is 4.84. The van der Waals surface area contributed by atoms with Crippen molar-refractivity contribution in [1.82, 2.24) is 9.97 Å². The zero-order valence-corrected chi connectivity index (χ0v) is 12.0. The molecule has 2 aromatic carbocycles. The molecule has 22 heavy (non-hydrogen) atoms. The van der Waals surface area contributed by atoms with Crippen LogP contribution in [0.5, 0.6) is 0 Å². The van der Waals surface area contributed by atoms with Gasteiger partial charge in [0.15, 0.2) is 17.5 Å². The highest BCUT2D eigenvalue weighted by atomic mass is 32.1. The lowest BCUT2D eigenvalue weighted by Gasteiger charge is -2.00. The Bertz CT molecular complexity index is 1000. The van der Waals surface area contributed by atoms with Gasteiger partial charge in [0, 0.05) is 18.1 Å². The van der Waals surface area contributed by atoms with E-state index in [-0.39, 0.29) is 5.52 Å². The van der Waals surface area contributed by atoms with Crippen molar-refractivity contribution in [3.8, 4) is 0 Å². The van der Waals surface area contributed by atoms with Crippen LogP contribution in [0.3, 0.4) is 0 Å². The third kappa shape index (κ3) is 1.99. The SMILES string of the molecule is Fc1cc2sc(Cc3cccc4cc[nH]c34)nc2c(F)c1F. The molecule has 110 valence electrons. The molecule has 0 saturated carbocycles. The summed E-state index contributed by atoms with van der Waals surface area (Å²) in [5.41, 5.74) is 1.88. The highest BCUT2D eigenvalue weighted by molar-refractivity contribution is 7.18. The van der Waals surface area contributed by atoms with Crippen molar-refractivity contribution in [3.63, 3.8) is 0 Å². The van der Waals surface area contributed by atoms with Crippen LogP contribution >= 0.6 is 11.3 Å². The van der Waals surface area contributed by atoms with Crippen LogP contribution in [0.15, 0.2) is 36.5 Å². The lowest BCUT2D eigenvalue weighted by Crippen LogP contribution is -1.92. The van der Waals surface area contributed by atoms with Crippen LogP contribution in [0.25, 0.3) is 21.1 Å². The number of fused-ring (bicyclic) bond motifs is 2. The molecule has 0 unspecified atom stereocenters. The molecule has 0 bridgehead atoms. The Morgan fingerprint density at radius 1 is 1.09 bits per heavy atom. The number of benzene rings is 2. The Balaban J connectivity index is 1.82. The van der Waals surface area contributed by atoms with Crippen molar-refractivity contribution in [3.05, 3.63) is 64.6 Å². The van der Waals surface area contributed by atoms with E-state index in [4.69, 9.17) is 0 Å². The number of para-hydroxylation sites is 1. The van der Waals surface area contributed by atoms with Crippen molar-refractivity contribution in [2.24, 2.45) is 0 Å². The van der Waals surface area contributed by atoms with E-state index in [1.54, 1.807) is 0 Å². The summed E-state index contributed by atoms with van der Waals surface area (Å²) in [6.45, 7) is 0. The molecule has 0 aliphatic rings. The van der Waals surface area contributed by atoms with E-state index >= 15 is 0 Å². The lowest BCUT2D eigenvalue weighted by molar-refractivity contribution is 0.453. The number of thiazole rings is 1. The molecule has 2 aromatic heterocycles. The van der Waals surface area contributed by atoms with Gasteiger partial charge in [0.1, 0.15) is 5.52 Å². The molecule has 0 saturated heterocycles. The monoisotopic (exact) mass is 318 g/mol. The predicted molar refractivity (Wildman–Crippen MR) is 80.6 cm³/mol. The van der Waals surface area contributed by atoms with E-state index in [0.29, 0.717) is 16.1 Å². The van der Waals surface area contributed by atoms with Crippen LogP contribution < -0.4 is 0 Å². The molecule has 4 aromatic rings. The van der Waals surface area contributed by atoms with Gasteiger partial charge in [-0.25, -0.2) is 18.2 Å². The van der Waals surface area contributed by atoms with E-state index in [1.807, 2.05) is 30.5 Å². The number of hydrogen-bond donors (Lipinski definition) is 1. The van der Waals surface area contributed by atoms with Crippen molar-refractivity contribution in [2.75, 3.05) is 0 Å². The molecule has 6 heteroatoms. The van der Waals surface area contributed by atoms with Crippen LogP contribution in [-0.4, -0.2) is 9.97 Å². The fourth-order valence-electron chi connectivity index (χ4n) is 2.56. The minimum absolute atomic E-state index is 0.113. The van der Waals surface area contributed by atoms with Gasteiger partial charge in [0.05, 0.1) is 9.71 Å². The third-order valence-electron chi connectivity index (χ3n) is 3.58. The average molecular weight is 318 g/mol. The predicted octanol–water partition coefficient (Wildman–Crippen LogP) is 4.79. The topological polar surface area (TPSA) is 28.7 Å². The zero-order valence-electron chi connectivity index (χ0n) is 11.2. The van der Waals surface area contributed by atoms with E-state index in [9.17, 15) is 13.2 Å². The summed E-state index contributed by atoms with van der Waals surface area (Å²) in [5, 5.41) is 1.68. The standard InChI is InChI=1S/C16H9F3N2S/c17-10-7-11-16(14(19)13(10)18)21-12(22-11)6-9-3-1-2-8-4-5-20-15(8)9/h1-5,7,20H,6H2. The summed E-state index contributed by atoms with van der Waals surface area (Å²) in [6.07, 6.45) is 2.32. The second-order valence-electron chi connectivity index (χ2n) is 4.98. The van der Waals surface area contributed by atoms with Crippen molar-refractivity contribution in [1.29, 1.82) is 0 Å². The fraction of sp³-hybridized carbons (Fsp3) is 0.0625. The first-order valence-electron chi connectivity index (χ1n) is 6.61. The first kappa shape index (κ1) is 13.3. The summed E-state index contributed by atoms with van der Waals surface area (Å²) in [4.78, 5) is 7.28. The molecule has 4 rings (SSSR count). The number of rotatable bonds is 2. The van der Waals surface area contributed by atoms with Gasteiger partial charge in [-0.15, -0.1) is 11.3 Å². The molecule has 2 heterocycles. The summed E-state index contributed by atoms with van der Waals surface area (Å²) in [7, 11) is 0. The van der Waals surface area contributed by atoms with Crippen LogP contribution in [-0.2, 0) is 6.42 Å². The van der Waals surface area contributed by atoms with Gasteiger partial charge < -0.3 is 4.98 Å². The molecular formula is C16H9F3N2S. The van der Waals surface area contributed by atoms with Gasteiger partial charge >= 0.3 is 0 Å². The third-order valence-corrected chi connectivity index (χ3v) is 4.58. The molecule has 0 spiro atoms. The van der Waals surface area contributed by atoms with Crippen LogP contribution in [0.4, 0.5) is 13.2 Å². The fourth-order valence-corrected chi connectivity index (χ4v) is 3.57. The maximum Gasteiger partial charge on any atom is 0.196 e. The van der Waals surface area contributed by atoms with Crippen LogP contribution in [0, 0.1) is 17.5 Å². The normalized spacial score (nSPS) is 11.6. The molecule has 0 radical (unpaired) electrons. The Morgan fingerprint density at radius 3 is 2.82 bits per heavy atom. The number of aromatic nitrogens is 2. The van der Waals surface area contributed by atoms with Crippen LogP contribution in [0.1, 0.15) is 10.6 Å². The Morgan fingerprint density at radius 2 is 1.95 bits per heavy atom.